The van der Waals surface area contributed by atoms with Gasteiger partial charge in [0, 0.05) is 40.3 Å². The van der Waals surface area contributed by atoms with Crippen LogP contribution in [0.15, 0.2) is 6.33 Å². The van der Waals surface area contributed by atoms with Crippen molar-refractivity contribution in [1.82, 2.24) is 14.5 Å². The third-order valence-corrected chi connectivity index (χ3v) is 5.52. The predicted molar refractivity (Wildman–Crippen MR) is 131 cm³/mol. The van der Waals surface area contributed by atoms with Gasteiger partial charge in [0.05, 0.1) is 6.33 Å². The van der Waals surface area contributed by atoms with Crippen molar-refractivity contribution < 1.29 is 18.9 Å². The lowest BCUT2D eigenvalue weighted by molar-refractivity contribution is -0.117. The van der Waals surface area contributed by atoms with E-state index in [1.54, 1.807) is 30.5 Å². The minimum atomic E-state index is -0.227. The topological polar surface area (TPSA) is 81.5 Å². The number of hydrogen-bond acceptors (Lipinski definition) is 5. The lowest BCUT2D eigenvalue weighted by Gasteiger charge is -2.17. The number of carbonyl (C=O) groups is 2. The molecule has 0 aliphatic heterocycles. The average Bonchev–Trinajstić information content (AvgIpc) is 3.15. The molecule has 1 amide bonds. The summed E-state index contributed by atoms with van der Waals surface area (Å²) in [5, 5.41) is 0. The molecule has 7 nitrogen and oxygen atoms in total. The first-order valence-corrected chi connectivity index (χ1v) is 12.9. The van der Waals surface area contributed by atoms with Crippen LogP contribution in [0.5, 0.6) is 0 Å². The van der Waals surface area contributed by atoms with Gasteiger partial charge in [0.25, 0.3) is 5.91 Å². The Labute approximate surface area is 196 Å². The van der Waals surface area contributed by atoms with Gasteiger partial charge in [-0.15, -0.1) is 0 Å². The van der Waals surface area contributed by atoms with Gasteiger partial charge in [-0.2, -0.15) is 0 Å². The second kappa shape index (κ2) is 20.0. The number of amides is 1. The Morgan fingerprint density at radius 3 is 2.03 bits per heavy atom. The molecule has 0 N–H and O–H groups in total. The van der Waals surface area contributed by atoms with E-state index in [1.165, 1.54) is 32.0 Å². The molecule has 0 bridgehead atoms. The van der Waals surface area contributed by atoms with E-state index in [4.69, 9.17) is 4.74 Å². The molecular weight excluding hydrogens is 425 g/mol. The first-order chi connectivity index (χ1) is 15.4. The summed E-state index contributed by atoms with van der Waals surface area (Å²) in [7, 11) is 3.28. The van der Waals surface area contributed by atoms with Crippen LogP contribution in [0.4, 0.5) is 0 Å². The molecule has 0 unspecified atom stereocenters. The normalized spacial score (nSPS) is 10.7. The fourth-order valence-electron chi connectivity index (χ4n) is 3.19. The van der Waals surface area contributed by atoms with Crippen molar-refractivity contribution in [3.8, 4) is 0 Å². The van der Waals surface area contributed by atoms with E-state index in [1.807, 2.05) is 0 Å². The number of nitrogens with zero attached hydrogens (tertiary/aromatic N) is 3. The van der Waals surface area contributed by atoms with Crippen molar-refractivity contribution in [1.29, 1.82) is 0 Å². The summed E-state index contributed by atoms with van der Waals surface area (Å²) in [6, 6.07) is 0. The van der Waals surface area contributed by atoms with Crippen LogP contribution >= 0.6 is 8.46 Å². The molecule has 1 aromatic heterocycles. The van der Waals surface area contributed by atoms with E-state index in [9.17, 15) is 14.2 Å². The number of ketones is 1. The Hall–Kier alpha value is -1.59. The quantitative estimate of drug-likeness (QED) is 0.227. The van der Waals surface area contributed by atoms with Crippen molar-refractivity contribution in [2.75, 3.05) is 26.8 Å². The fourth-order valence-corrected chi connectivity index (χ4v) is 3.63. The van der Waals surface area contributed by atoms with Gasteiger partial charge in [0.15, 0.2) is 5.44 Å². The number of rotatable bonds is 17. The van der Waals surface area contributed by atoms with E-state index in [0.717, 1.165) is 51.7 Å². The van der Waals surface area contributed by atoms with Gasteiger partial charge in [0.1, 0.15) is 11.5 Å². The van der Waals surface area contributed by atoms with Crippen LogP contribution in [0, 0.1) is 0 Å². The molecule has 1 rings (SSSR count). The molecule has 0 atom stereocenters. The van der Waals surface area contributed by atoms with Gasteiger partial charge in [0.2, 0.25) is 8.46 Å². The third-order valence-electron chi connectivity index (χ3n) is 5.02. The van der Waals surface area contributed by atoms with Crippen LogP contribution in [-0.4, -0.2) is 52.9 Å². The maximum Gasteiger partial charge on any atom is 0.273 e. The molecule has 0 aliphatic carbocycles. The minimum absolute atomic E-state index is 0.135. The van der Waals surface area contributed by atoms with Crippen LogP contribution in [0.3, 0.4) is 0 Å². The largest absolute Gasteiger partial charge is 0.381 e. The molecule has 0 aromatic carbocycles. The smallest absolute Gasteiger partial charge is 0.273 e. The summed E-state index contributed by atoms with van der Waals surface area (Å²) in [5.41, 5.74) is 0.689. The Bertz CT molecular complexity index is 645. The Kier molecular flexibility index (Phi) is 19.1. The van der Waals surface area contributed by atoms with Crippen molar-refractivity contribution in [3.05, 3.63) is 12.0 Å². The highest BCUT2D eigenvalue weighted by atomic mass is 31.1. The number of ether oxygens (including phenoxy) is 1. The molecule has 0 spiro atoms. The highest BCUT2D eigenvalue weighted by molar-refractivity contribution is 7.34. The van der Waals surface area contributed by atoms with Crippen LogP contribution in [0.1, 0.15) is 102 Å². The number of aromatic nitrogens is 2. The van der Waals surface area contributed by atoms with Crippen LogP contribution in [-0.2, 0) is 21.1 Å². The van der Waals surface area contributed by atoms with Gasteiger partial charge in [-0.1, -0.05) is 52.4 Å². The van der Waals surface area contributed by atoms with E-state index < -0.39 is 0 Å². The van der Waals surface area contributed by atoms with Crippen molar-refractivity contribution in [3.63, 3.8) is 0 Å². The van der Waals surface area contributed by atoms with Crippen LogP contribution in [0.2, 0.25) is 0 Å². The van der Waals surface area contributed by atoms with Crippen LogP contribution in [0.25, 0.3) is 0 Å². The monoisotopic (exact) mass is 469 g/mol. The summed E-state index contributed by atoms with van der Waals surface area (Å²) in [6.45, 7) is 8.43. The fraction of sp³-hybridized carbons (Fsp3) is 0.792. The highest BCUT2D eigenvalue weighted by Crippen LogP contribution is 2.11. The summed E-state index contributed by atoms with van der Waals surface area (Å²) in [6.07, 6.45) is 13.5. The van der Waals surface area contributed by atoms with Crippen LogP contribution < -0.4 is 5.44 Å². The minimum Gasteiger partial charge on any atom is -0.381 e. The second-order valence-electron chi connectivity index (χ2n) is 8.24. The molecule has 0 fully saturated rings. The third kappa shape index (κ3) is 14.5. The summed E-state index contributed by atoms with van der Waals surface area (Å²) >= 11 is 0. The molecular formula is C24H44N3O4P. The van der Waals surface area contributed by atoms with Crippen molar-refractivity contribution >= 4 is 25.6 Å². The predicted octanol–water partition coefficient (Wildman–Crippen LogP) is 5.33. The van der Waals surface area contributed by atoms with Gasteiger partial charge >= 0.3 is 0 Å². The zero-order valence-corrected chi connectivity index (χ0v) is 21.8. The van der Waals surface area contributed by atoms with E-state index >= 15 is 0 Å². The number of aryl methyl sites for hydroxylation is 1. The molecule has 0 radical (unpaired) electrons. The van der Waals surface area contributed by atoms with Gasteiger partial charge in [-0.25, -0.2) is 4.98 Å². The number of unbranched alkanes of at least 4 members (excludes halogenated alkanes) is 7. The molecule has 0 saturated heterocycles. The van der Waals surface area contributed by atoms with Crippen molar-refractivity contribution in [2.24, 2.45) is 7.05 Å². The lowest BCUT2D eigenvalue weighted by Crippen LogP contribution is -2.32. The van der Waals surface area contributed by atoms with Gasteiger partial charge in [-0.05, 0) is 32.6 Å². The van der Waals surface area contributed by atoms with Gasteiger partial charge < -0.3 is 19.0 Å². The number of hydrogen-bond donors (Lipinski definition) is 0. The average molecular weight is 470 g/mol. The number of carbonyl (C=O) groups excluding carboxylic acids is 2. The Balaban J connectivity index is 0.00000118. The Morgan fingerprint density at radius 1 is 1.00 bits per heavy atom. The summed E-state index contributed by atoms with van der Waals surface area (Å²) in [5.74, 6) is 0.149. The van der Waals surface area contributed by atoms with Crippen molar-refractivity contribution in [2.45, 2.75) is 91.4 Å². The van der Waals surface area contributed by atoms with E-state index in [-0.39, 0.29) is 20.2 Å². The lowest BCUT2D eigenvalue weighted by atomic mass is 10.1. The molecule has 1 heterocycles. The SMILES string of the molecule is CC(=O)CCCCCCCCCCN(C)C(=O)c1c(P=O)ncn1C.CCCOCCC. The Morgan fingerprint density at radius 2 is 1.53 bits per heavy atom. The summed E-state index contributed by atoms with van der Waals surface area (Å²) in [4.78, 5) is 28.9. The molecule has 8 heteroatoms. The zero-order chi connectivity index (χ0) is 24.2. The zero-order valence-electron chi connectivity index (χ0n) is 20.9. The van der Waals surface area contributed by atoms with Gasteiger partial charge in [-0.3, -0.25) is 9.36 Å². The first-order valence-electron chi connectivity index (χ1n) is 12.1. The van der Waals surface area contributed by atoms with E-state index in [0.29, 0.717) is 24.1 Å². The highest BCUT2D eigenvalue weighted by Gasteiger charge is 2.20. The maximum absolute atomic E-state index is 12.4. The molecule has 1 aromatic rings. The molecule has 0 saturated carbocycles. The maximum atomic E-state index is 12.4. The number of imidazole rings is 1. The standard InChI is InChI=1S/C18H30N3O3P.C6H14O/c1-15(22)12-10-8-6-4-5-7-9-11-13-20(2)18(23)16-17(25-24)19-14-21(16)3;1-3-5-7-6-4-2/h14H,4-13H2,1-3H3;3-6H2,1-2H3. The first kappa shape index (κ1) is 30.4. The molecule has 184 valence electrons. The molecule has 0 aliphatic rings. The molecule has 32 heavy (non-hydrogen) atoms. The van der Waals surface area contributed by atoms with E-state index in [2.05, 4.69) is 18.8 Å². The number of Topliss-reactive ketones (excluding diaryl/α,β-unsaturated/α-hetero) is 1. The summed E-state index contributed by atoms with van der Waals surface area (Å²) < 4.78 is 17.8. The second-order valence-corrected chi connectivity index (χ2v) is 8.84.